The van der Waals surface area contributed by atoms with Crippen molar-refractivity contribution in [2.75, 3.05) is 0 Å². The third kappa shape index (κ3) is 3.75. The summed E-state index contributed by atoms with van der Waals surface area (Å²) >= 11 is 0. The summed E-state index contributed by atoms with van der Waals surface area (Å²) in [6, 6.07) is 0. The first kappa shape index (κ1) is 21.9. The molecule has 2 N–H and O–H groups in total. The molecular weight excluding hydrogens is 356 g/mol. The largest absolute Gasteiger partial charge is 0.365 e. The monoisotopic (exact) mass is 402 g/mol. The zero-order valence-electron chi connectivity index (χ0n) is 19.7. The maximum absolute atomic E-state index is 10.2. The normalized spacial score (nSPS) is 44.6. The van der Waals surface area contributed by atoms with Crippen LogP contribution in [-0.4, -0.2) is 16.0 Å². The average molecular weight is 403 g/mol. The van der Waals surface area contributed by atoms with Crippen LogP contribution in [0.1, 0.15) is 105 Å². The zero-order chi connectivity index (χ0) is 21.0. The standard InChI is InChI=1S/C27H46O2/c1-18(2)7-6-8-19(3)22-11-12-23-21-10-9-20-17-27(28,29)16-15-25(20,4)24(21)13-14-26(22,23)5/h9,18-19,21-24,28-29H,6-8,10-17H2,1-5H3/t19-,21+,22-,23+,24+,25+,26-/m1/s1. The van der Waals surface area contributed by atoms with E-state index in [0.717, 1.165) is 41.9 Å². The van der Waals surface area contributed by atoms with Gasteiger partial charge in [-0.3, -0.25) is 0 Å². The molecule has 0 aromatic carbocycles. The van der Waals surface area contributed by atoms with Gasteiger partial charge in [0.25, 0.3) is 0 Å². The van der Waals surface area contributed by atoms with Crippen LogP contribution in [-0.2, 0) is 0 Å². The molecule has 4 aliphatic carbocycles. The zero-order valence-corrected chi connectivity index (χ0v) is 19.7. The van der Waals surface area contributed by atoms with Crippen molar-refractivity contribution in [3.05, 3.63) is 11.6 Å². The molecule has 0 aromatic heterocycles. The van der Waals surface area contributed by atoms with E-state index in [1.807, 2.05) is 0 Å². The number of rotatable bonds is 5. The van der Waals surface area contributed by atoms with Crippen molar-refractivity contribution in [1.29, 1.82) is 0 Å². The Morgan fingerprint density at radius 3 is 2.45 bits per heavy atom. The van der Waals surface area contributed by atoms with E-state index < -0.39 is 5.79 Å². The maximum Gasteiger partial charge on any atom is 0.166 e. The summed E-state index contributed by atoms with van der Waals surface area (Å²) in [7, 11) is 0. The van der Waals surface area contributed by atoms with E-state index in [0.29, 0.717) is 18.3 Å². The summed E-state index contributed by atoms with van der Waals surface area (Å²) in [4.78, 5) is 0. The van der Waals surface area contributed by atoms with Crippen molar-refractivity contribution in [2.24, 2.45) is 46.3 Å². The second-order valence-corrected chi connectivity index (χ2v) is 12.4. The molecule has 0 bridgehead atoms. The Morgan fingerprint density at radius 2 is 1.72 bits per heavy atom. The minimum atomic E-state index is -1.47. The van der Waals surface area contributed by atoms with Crippen LogP contribution in [0.5, 0.6) is 0 Å². The Labute approximate surface area is 179 Å². The molecule has 7 atom stereocenters. The fraction of sp³-hybridized carbons (Fsp3) is 0.926. The fourth-order valence-corrected chi connectivity index (χ4v) is 8.65. The molecule has 2 nitrogen and oxygen atoms in total. The van der Waals surface area contributed by atoms with Gasteiger partial charge in [-0.1, -0.05) is 65.5 Å². The predicted molar refractivity (Wildman–Crippen MR) is 120 cm³/mol. The third-order valence-electron chi connectivity index (χ3n) is 10.3. The third-order valence-corrected chi connectivity index (χ3v) is 10.3. The molecular formula is C27H46O2. The van der Waals surface area contributed by atoms with Crippen LogP contribution in [0.2, 0.25) is 0 Å². The topological polar surface area (TPSA) is 40.5 Å². The van der Waals surface area contributed by atoms with Crippen LogP contribution in [0.25, 0.3) is 0 Å². The van der Waals surface area contributed by atoms with Crippen LogP contribution in [0, 0.1) is 46.3 Å². The van der Waals surface area contributed by atoms with Crippen molar-refractivity contribution >= 4 is 0 Å². The molecule has 0 radical (unpaired) electrons. The van der Waals surface area contributed by atoms with Crippen molar-refractivity contribution in [3.8, 4) is 0 Å². The second kappa shape index (κ2) is 7.66. The van der Waals surface area contributed by atoms with E-state index in [1.165, 1.54) is 56.9 Å². The Bertz CT molecular complexity index is 634. The number of allylic oxidation sites excluding steroid dienone is 1. The van der Waals surface area contributed by atoms with E-state index in [2.05, 4.69) is 40.7 Å². The number of aliphatic hydroxyl groups is 2. The van der Waals surface area contributed by atoms with E-state index in [1.54, 1.807) is 0 Å². The molecule has 4 rings (SSSR count). The molecule has 3 saturated carbocycles. The molecule has 2 heteroatoms. The minimum absolute atomic E-state index is 0.209. The lowest BCUT2D eigenvalue weighted by atomic mass is 9.46. The van der Waals surface area contributed by atoms with Crippen LogP contribution in [0.3, 0.4) is 0 Å². The van der Waals surface area contributed by atoms with Gasteiger partial charge in [-0.05, 0) is 84.9 Å². The van der Waals surface area contributed by atoms with Crippen molar-refractivity contribution < 1.29 is 10.2 Å². The average Bonchev–Trinajstić information content (AvgIpc) is 2.99. The summed E-state index contributed by atoms with van der Waals surface area (Å²) in [6.07, 6.45) is 15.4. The smallest absolute Gasteiger partial charge is 0.166 e. The van der Waals surface area contributed by atoms with Crippen LogP contribution < -0.4 is 0 Å². The first-order valence-electron chi connectivity index (χ1n) is 12.7. The van der Waals surface area contributed by atoms with Crippen molar-refractivity contribution in [1.82, 2.24) is 0 Å². The molecule has 3 fully saturated rings. The van der Waals surface area contributed by atoms with Gasteiger partial charge < -0.3 is 10.2 Å². The first-order chi connectivity index (χ1) is 13.6. The van der Waals surface area contributed by atoms with Crippen LogP contribution in [0.4, 0.5) is 0 Å². The maximum atomic E-state index is 10.2. The van der Waals surface area contributed by atoms with E-state index in [9.17, 15) is 10.2 Å². The highest BCUT2D eigenvalue weighted by atomic mass is 16.5. The summed E-state index contributed by atoms with van der Waals surface area (Å²) in [5.74, 6) is 3.60. The molecule has 0 aromatic rings. The molecule has 0 aliphatic heterocycles. The number of hydrogen-bond acceptors (Lipinski definition) is 2. The molecule has 0 amide bonds. The molecule has 0 heterocycles. The molecule has 0 saturated heterocycles. The lowest BCUT2D eigenvalue weighted by Gasteiger charge is -2.59. The van der Waals surface area contributed by atoms with Gasteiger partial charge in [0.15, 0.2) is 5.79 Å². The molecule has 29 heavy (non-hydrogen) atoms. The lowest BCUT2D eigenvalue weighted by molar-refractivity contribution is -0.189. The second-order valence-electron chi connectivity index (χ2n) is 12.4. The summed E-state index contributed by atoms with van der Waals surface area (Å²) < 4.78 is 0. The van der Waals surface area contributed by atoms with E-state index in [-0.39, 0.29) is 5.41 Å². The van der Waals surface area contributed by atoms with Gasteiger partial charge in [0.1, 0.15) is 0 Å². The van der Waals surface area contributed by atoms with E-state index >= 15 is 0 Å². The van der Waals surface area contributed by atoms with Gasteiger partial charge in [0.05, 0.1) is 0 Å². The number of hydrogen-bond donors (Lipinski definition) is 2. The molecule has 166 valence electrons. The first-order valence-corrected chi connectivity index (χ1v) is 12.7. The fourth-order valence-electron chi connectivity index (χ4n) is 8.65. The SMILES string of the molecule is CC(C)CCC[C@@H](C)[C@H]1CC[C@H]2[C@@H]3CC=C4CC(O)(O)CC[C@]4(C)[C@H]3CC[C@]12C. The van der Waals surface area contributed by atoms with Gasteiger partial charge in [-0.15, -0.1) is 0 Å². The Balaban J connectivity index is 1.50. The van der Waals surface area contributed by atoms with Gasteiger partial charge in [0, 0.05) is 12.8 Å². The predicted octanol–water partition coefficient (Wildman–Crippen LogP) is 6.71. The minimum Gasteiger partial charge on any atom is -0.365 e. The van der Waals surface area contributed by atoms with Gasteiger partial charge in [-0.2, -0.15) is 0 Å². The molecule has 0 spiro atoms. The van der Waals surface area contributed by atoms with Crippen molar-refractivity contribution in [3.63, 3.8) is 0 Å². The Hall–Kier alpha value is -0.340. The van der Waals surface area contributed by atoms with Gasteiger partial charge in [0.2, 0.25) is 0 Å². The molecule has 4 aliphatic rings. The number of fused-ring (bicyclic) bond motifs is 5. The lowest BCUT2D eigenvalue weighted by Crippen LogP contribution is -2.52. The van der Waals surface area contributed by atoms with Crippen LogP contribution >= 0.6 is 0 Å². The summed E-state index contributed by atoms with van der Waals surface area (Å²) in [5.41, 5.74) is 2.10. The van der Waals surface area contributed by atoms with E-state index in [4.69, 9.17) is 0 Å². The molecule has 0 unspecified atom stereocenters. The van der Waals surface area contributed by atoms with Gasteiger partial charge >= 0.3 is 0 Å². The van der Waals surface area contributed by atoms with Gasteiger partial charge in [-0.25, -0.2) is 0 Å². The highest BCUT2D eigenvalue weighted by molar-refractivity contribution is 5.26. The van der Waals surface area contributed by atoms with Crippen LogP contribution in [0.15, 0.2) is 11.6 Å². The van der Waals surface area contributed by atoms with Crippen molar-refractivity contribution in [2.45, 2.75) is 111 Å². The highest BCUT2D eigenvalue weighted by Gasteiger charge is 2.59. The Morgan fingerprint density at radius 1 is 0.966 bits per heavy atom. The quantitative estimate of drug-likeness (QED) is 0.396. The summed E-state index contributed by atoms with van der Waals surface area (Å²) in [5, 5.41) is 20.5. The Kier molecular flexibility index (Phi) is 5.78. The highest BCUT2D eigenvalue weighted by Crippen LogP contribution is 2.67. The summed E-state index contributed by atoms with van der Waals surface area (Å²) in [6.45, 7) is 12.4.